The topological polar surface area (TPSA) is 78.4 Å². The predicted octanol–water partition coefficient (Wildman–Crippen LogP) is -1.25. The standard InChI is InChI=1S/C7H12N2O3S2/c10-3-2-8-7(13)9-6-1-4-14(11,12)5-6/h1,4,6,10H,2-3,5H2,(H2,8,9,13)/t6-/m1/s1. The van der Waals surface area contributed by atoms with Crippen LogP contribution < -0.4 is 10.6 Å². The van der Waals surface area contributed by atoms with Gasteiger partial charge >= 0.3 is 0 Å². The van der Waals surface area contributed by atoms with Crippen LogP contribution in [-0.2, 0) is 9.84 Å². The highest BCUT2D eigenvalue weighted by Crippen LogP contribution is 2.07. The van der Waals surface area contributed by atoms with Gasteiger partial charge in [0.25, 0.3) is 0 Å². The zero-order valence-electron chi connectivity index (χ0n) is 7.43. The summed E-state index contributed by atoms with van der Waals surface area (Å²) >= 11 is 4.87. The molecule has 0 aliphatic carbocycles. The van der Waals surface area contributed by atoms with Crippen LogP contribution in [0.25, 0.3) is 0 Å². The third kappa shape index (κ3) is 3.60. The molecule has 0 amide bonds. The molecule has 0 fully saturated rings. The molecule has 0 bridgehead atoms. The minimum atomic E-state index is -3.04. The molecule has 1 aliphatic rings. The van der Waals surface area contributed by atoms with Crippen LogP contribution in [0.2, 0.25) is 0 Å². The highest BCUT2D eigenvalue weighted by Gasteiger charge is 2.21. The van der Waals surface area contributed by atoms with E-state index >= 15 is 0 Å². The fourth-order valence-corrected chi connectivity index (χ4v) is 2.54. The maximum absolute atomic E-state index is 11.0. The van der Waals surface area contributed by atoms with E-state index in [2.05, 4.69) is 10.6 Å². The minimum Gasteiger partial charge on any atom is -0.395 e. The van der Waals surface area contributed by atoms with Crippen LogP contribution >= 0.6 is 12.2 Å². The Labute approximate surface area is 88.1 Å². The molecule has 0 spiro atoms. The molecule has 0 unspecified atom stereocenters. The summed E-state index contributed by atoms with van der Waals surface area (Å²) in [5.41, 5.74) is 0. The van der Waals surface area contributed by atoms with E-state index in [9.17, 15) is 8.42 Å². The molecule has 0 aromatic carbocycles. The predicted molar refractivity (Wildman–Crippen MR) is 57.5 cm³/mol. The Balaban J connectivity index is 2.34. The molecule has 80 valence electrons. The van der Waals surface area contributed by atoms with Gasteiger partial charge in [0, 0.05) is 12.0 Å². The summed E-state index contributed by atoms with van der Waals surface area (Å²) in [4.78, 5) is 0. The molecule has 14 heavy (non-hydrogen) atoms. The lowest BCUT2D eigenvalue weighted by molar-refractivity contribution is 0.300. The van der Waals surface area contributed by atoms with Crippen LogP contribution in [-0.4, -0.2) is 43.6 Å². The van der Waals surface area contributed by atoms with Crippen LogP contribution in [0.3, 0.4) is 0 Å². The van der Waals surface area contributed by atoms with Gasteiger partial charge in [0.05, 0.1) is 18.4 Å². The molecule has 3 N–H and O–H groups in total. The number of aliphatic hydroxyl groups is 1. The number of nitrogens with one attached hydrogen (secondary N) is 2. The lowest BCUT2D eigenvalue weighted by Gasteiger charge is -2.13. The Kier molecular flexibility index (Phi) is 3.85. The summed E-state index contributed by atoms with van der Waals surface area (Å²) in [7, 11) is -3.04. The van der Waals surface area contributed by atoms with Crippen molar-refractivity contribution in [2.45, 2.75) is 6.04 Å². The largest absolute Gasteiger partial charge is 0.395 e. The normalized spacial score (nSPS) is 23.4. The number of aliphatic hydroxyl groups excluding tert-OH is 1. The molecule has 1 atom stereocenters. The Hall–Kier alpha value is -0.660. The second-order valence-electron chi connectivity index (χ2n) is 2.89. The van der Waals surface area contributed by atoms with Crippen molar-refractivity contribution in [1.29, 1.82) is 0 Å². The van der Waals surface area contributed by atoms with Gasteiger partial charge in [0.15, 0.2) is 14.9 Å². The maximum Gasteiger partial charge on any atom is 0.173 e. The van der Waals surface area contributed by atoms with E-state index in [-0.39, 0.29) is 18.4 Å². The summed E-state index contributed by atoms with van der Waals surface area (Å²) in [5.74, 6) is 0.0357. The molecule has 0 saturated heterocycles. The smallest absolute Gasteiger partial charge is 0.173 e. The quantitative estimate of drug-likeness (QED) is 0.532. The van der Waals surface area contributed by atoms with Crippen LogP contribution in [0, 0.1) is 0 Å². The molecule has 1 heterocycles. The summed E-state index contributed by atoms with van der Waals surface area (Å²) in [6.45, 7) is 0.343. The molecule has 0 saturated carbocycles. The molecule has 1 rings (SSSR count). The molecule has 0 aromatic rings. The van der Waals surface area contributed by atoms with E-state index in [4.69, 9.17) is 17.3 Å². The molecular weight excluding hydrogens is 224 g/mol. The first-order valence-electron chi connectivity index (χ1n) is 4.10. The molecule has 0 radical (unpaired) electrons. The molecule has 0 aromatic heterocycles. The van der Waals surface area contributed by atoms with Crippen molar-refractivity contribution >= 4 is 27.2 Å². The molecule has 7 heteroatoms. The van der Waals surface area contributed by atoms with Crippen molar-refractivity contribution < 1.29 is 13.5 Å². The Morgan fingerprint density at radius 3 is 2.86 bits per heavy atom. The van der Waals surface area contributed by atoms with Gasteiger partial charge in [0.2, 0.25) is 0 Å². The third-order valence-corrected chi connectivity index (χ3v) is 3.30. The molecule has 5 nitrogen and oxygen atoms in total. The van der Waals surface area contributed by atoms with Gasteiger partial charge < -0.3 is 15.7 Å². The summed E-state index contributed by atoms with van der Waals surface area (Å²) < 4.78 is 22.0. The fourth-order valence-electron chi connectivity index (χ4n) is 1.05. The first kappa shape index (κ1) is 11.4. The number of rotatable bonds is 3. The van der Waals surface area contributed by atoms with E-state index in [1.165, 1.54) is 5.41 Å². The third-order valence-electron chi connectivity index (χ3n) is 1.64. The van der Waals surface area contributed by atoms with Crippen LogP contribution in [0.1, 0.15) is 0 Å². The summed E-state index contributed by atoms with van der Waals surface area (Å²) in [6.07, 6.45) is 1.56. The highest BCUT2D eigenvalue weighted by molar-refractivity contribution is 7.94. The summed E-state index contributed by atoms with van der Waals surface area (Å²) in [6, 6.07) is -0.265. The van der Waals surface area contributed by atoms with Crippen LogP contribution in [0.15, 0.2) is 11.5 Å². The molecule has 1 aliphatic heterocycles. The van der Waals surface area contributed by atoms with Crippen molar-refractivity contribution in [2.75, 3.05) is 18.9 Å². The first-order chi connectivity index (χ1) is 6.53. The van der Waals surface area contributed by atoms with Crippen molar-refractivity contribution in [2.24, 2.45) is 0 Å². The number of sulfone groups is 1. The SMILES string of the molecule is O=S1(=O)C=C[C@@H](NC(=S)NCCO)C1. The Bertz CT molecular complexity index is 337. The van der Waals surface area contributed by atoms with Gasteiger partial charge in [-0.15, -0.1) is 0 Å². The zero-order valence-corrected chi connectivity index (χ0v) is 9.07. The van der Waals surface area contributed by atoms with Crippen molar-refractivity contribution in [3.8, 4) is 0 Å². The van der Waals surface area contributed by atoms with E-state index in [0.29, 0.717) is 11.7 Å². The van der Waals surface area contributed by atoms with Gasteiger partial charge in [-0.3, -0.25) is 0 Å². The van der Waals surface area contributed by atoms with Crippen molar-refractivity contribution in [1.82, 2.24) is 10.6 Å². The second-order valence-corrected chi connectivity index (χ2v) is 5.23. The van der Waals surface area contributed by atoms with Crippen molar-refractivity contribution in [3.63, 3.8) is 0 Å². The highest BCUT2D eigenvalue weighted by atomic mass is 32.2. The van der Waals surface area contributed by atoms with Crippen LogP contribution in [0.5, 0.6) is 0 Å². The second kappa shape index (κ2) is 4.72. The van der Waals surface area contributed by atoms with Gasteiger partial charge in [-0.05, 0) is 18.3 Å². The number of hydrogen-bond donors (Lipinski definition) is 3. The summed E-state index contributed by atoms with van der Waals surface area (Å²) in [5, 5.41) is 15.6. The monoisotopic (exact) mass is 236 g/mol. The zero-order chi connectivity index (χ0) is 10.6. The number of thiocarbonyl (C=S) groups is 1. The lowest BCUT2D eigenvalue weighted by atomic mass is 10.3. The van der Waals surface area contributed by atoms with E-state index in [1.54, 1.807) is 6.08 Å². The van der Waals surface area contributed by atoms with Crippen molar-refractivity contribution in [3.05, 3.63) is 11.5 Å². The van der Waals surface area contributed by atoms with Crippen LogP contribution in [0.4, 0.5) is 0 Å². The maximum atomic E-state index is 11.0. The van der Waals surface area contributed by atoms with Gasteiger partial charge in [-0.1, -0.05) is 0 Å². The number of hydrogen-bond acceptors (Lipinski definition) is 4. The average Bonchev–Trinajstić information content (AvgIpc) is 2.42. The lowest BCUT2D eigenvalue weighted by Crippen LogP contribution is -2.43. The van der Waals surface area contributed by atoms with Gasteiger partial charge in [-0.2, -0.15) is 0 Å². The van der Waals surface area contributed by atoms with E-state index in [0.717, 1.165) is 0 Å². The van der Waals surface area contributed by atoms with Gasteiger partial charge in [-0.25, -0.2) is 8.42 Å². The minimum absolute atomic E-state index is 0.0133. The Morgan fingerprint density at radius 2 is 2.36 bits per heavy atom. The van der Waals surface area contributed by atoms with E-state index < -0.39 is 9.84 Å². The first-order valence-corrected chi connectivity index (χ1v) is 6.22. The molecular formula is C7H12N2O3S2. The van der Waals surface area contributed by atoms with E-state index in [1.807, 2.05) is 0 Å². The van der Waals surface area contributed by atoms with Gasteiger partial charge in [0.1, 0.15) is 0 Å². The average molecular weight is 236 g/mol. The Morgan fingerprint density at radius 1 is 1.64 bits per heavy atom. The fraction of sp³-hybridized carbons (Fsp3) is 0.571.